The van der Waals surface area contributed by atoms with Gasteiger partial charge >= 0.3 is 12.1 Å². The van der Waals surface area contributed by atoms with E-state index in [0.717, 1.165) is 0 Å². The van der Waals surface area contributed by atoms with E-state index >= 15 is 0 Å². The molecule has 0 aliphatic heterocycles. The highest BCUT2D eigenvalue weighted by atomic mass is 19.4. The van der Waals surface area contributed by atoms with Crippen LogP contribution in [0.1, 0.15) is 20.3 Å². The van der Waals surface area contributed by atoms with Gasteiger partial charge in [-0.1, -0.05) is 0 Å². The second-order valence-electron chi connectivity index (χ2n) is 2.91. The van der Waals surface area contributed by atoms with E-state index in [1.54, 1.807) is 6.92 Å². The van der Waals surface area contributed by atoms with Crippen LogP contribution in [0.5, 0.6) is 0 Å². The molecule has 0 saturated carbocycles. The van der Waals surface area contributed by atoms with Gasteiger partial charge in [-0.15, -0.1) is 0 Å². The van der Waals surface area contributed by atoms with E-state index in [2.05, 4.69) is 10.1 Å². The number of halogens is 3. The van der Waals surface area contributed by atoms with E-state index in [1.807, 2.05) is 0 Å². The van der Waals surface area contributed by atoms with Gasteiger partial charge in [-0.3, -0.25) is 4.79 Å². The molecule has 0 spiro atoms. The number of hydrogen-bond acceptors (Lipinski definition) is 3. The van der Waals surface area contributed by atoms with Crippen LogP contribution in [0.4, 0.5) is 13.2 Å². The lowest BCUT2D eigenvalue weighted by molar-refractivity contribution is -0.145. The first-order valence-electron chi connectivity index (χ1n) is 4.31. The fourth-order valence-electron chi connectivity index (χ4n) is 0.832. The van der Waals surface area contributed by atoms with Crippen LogP contribution in [0.3, 0.4) is 0 Å². The molecule has 0 amide bonds. The molecule has 0 saturated heterocycles. The Balaban J connectivity index is 3.65. The van der Waals surface area contributed by atoms with Gasteiger partial charge in [0.25, 0.3) is 0 Å². The van der Waals surface area contributed by atoms with Crippen molar-refractivity contribution in [3.63, 3.8) is 0 Å². The molecule has 0 radical (unpaired) electrons. The Morgan fingerprint density at radius 2 is 2.07 bits per heavy atom. The van der Waals surface area contributed by atoms with Crippen molar-refractivity contribution < 1.29 is 22.7 Å². The van der Waals surface area contributed by atoms with Crippen LogP contribution < -0.4 is 5.32 Å². The van der Waals surface area contributed by atoms with E-state index in [-0.39, 0.29) is 13.0 Å². The molecule has 14 heavy (non-hydrogen) atoms. The molecule has 0 aromatic heterocycles. The van der Waals surface area contributed by atoms with Crippen LogP contribution in [0.25, 0.3) is 0 Å². The average Bonchev–Trinajstić information content (AvgIpc) is 2.00. The SMILES string of the molecule is CCOC(=O)CC(C)NCC(F)(F)F. The molecule has 0 fully saturated rings. The van der Waals surface area contributed by atoms with Gasteiger partial charge in [0.15, 0.2) is 0 Å². The molecule has 6 heteroatoms. The third-order valence-corrected chi connectivity index (χ3v) is 1.43. The first kappa shape index (κ1) is 13.2. The van der Waals surface area contributed by atoms with E-state index in [1.165, 1.54) is 6.92 Å². The Kier molecular flexibility index (Phi) is 5.52. The highest BCUT2D eigenvalue weighted by molar-refractivity contribution is 5.69. The smallest absolute Gasteiger partial charge is 0.401 e. The predicted molar refractivity (Wildman–Crippen MR) is 44.8 cm³/mol. The summed E-state index contributed by atoms with van der Waals surface area (Å²) in [6.45, 7) is 2.30. The van der Waals surface area contributed by atoms with E-state index < -0.39 is 24.7 Å². The second kappa shape index (κ2) is 5.85. The maximum absolute atomic E-state index is 11.7. The van der Waals surface area contributed by atoms with Gasteiger partial charge in [-0.2, -0.15) is 13.2 Å². The van der Waals surface area contributed by atoms with Crippen LogP contribution in [0.15, 0.2) is 0 Å². The van der Waals surface area contributed by atoms with Crippen molar-refractivity contribution in [2.75, 3.05) is 13.2 Å². The topological polar surface area (TPSA) is 38.3 Å². The first-order valence-corrected chi connectivity index (χ1v) is 4.31. The van der Waals surface area contributed by atoms with E-state index in [0.29, 0.717) is 0 Å². The first-order chi connectivity index (χ1) is 6.35. The van der Waals surface area contributed by atoms with Gasteiger partial charge < -0.3 is 10.1 Å². The minimum Gasteiger partial charge on any atom is -0.466 e. The van der Waals surface area contributed by atoms with Crippen molar-refractivity contribution in [2.45, 2.75) is 32.5 Å². The summed E-state index contributed by atoms with van der Waals surface area (Å²) in [6, 6.07) is -0.532. The Hall–Kier alpha value is -0.780. The molecule has 0 bridgehead atoms. The Labute approximate surface area is 80.6 Å². The number of esters is 1. The molecule has 1 atom stereocenters. The molecule has 1 unspecified atom stereocenters. The van der Waals surface area contributed by atoms with Crippen molar-refractivity contribution in [1.29, 1.82) is 0 Å². The molecule has 84 valence electrons. The average molecular weight is 213 g/mol. The molecule has 0 aliphatic carbocycles. The fourth-order valence-corrected chi connectivity index (χ4v) is 0.832. The standard InChI is InChI=1S/C8H14F3NO2/c1-3-14-7(13)4-6(2)12-5-8(9,10)11/h6,12H,3-5H2,1-2H3. The summed E-state index contributed by atoms with van der Waals surface area (Å²) in [7, 11) is 0. The molecule has 0 aromatic rings. The lowest BCUT2D eigenvalue weighted by atomic mass is 10.2. The second-order valence-corrected chi connectivity index (χ2v) is 2.91. The maximum Gasteiger partial charge on any atom is 0.401 e. The van der Waals surface area contributed by atoms with Crippen molar-refractivity contribution in [3.8, 4) is 0 Å². The fraction of sp³-hybridized carbons (Fsp3) is 0.875. The summed E-state index contributed by atoms with van der Waals surface area (Å²) >= 11 is 0. The lowest BCUT2D eigenvalue weighted by Crippen LogP contribution is -2.36. The van der Waals surface area contributed by atoms with Crippen LogP contribution >= 0.6 is 0 Å². The number of alkyl halides is 3. The van der Waals surface area contributed by atoms with E-state index in [4.69, 9.17) is 0 Å². The number of carbonyl (C=O) groups excluding carboxylic acids is 1. The molecule has 3 nitrogen and oxygen atoms in total. The lowest BCUT2D eigenvalue weighted by Gasteiger charge is -2.14. The number of rotatable bonds is 5. The number of hydrogen-bond donors (Lipinski definition) is 1. The molecule has 0 heterocycles. The van der Waals surface area contributed by atoms with Gasteiger partial charge in [0.2, 0.25) is 0 Å². The number of ether oxygens (including phenoxy) is 1. The van der Waals surface area contributed by atoms with Crippen LogP contribution in [0.2, 0.25) is 0 Å². The summed E-state index contributed by atoms with van der Waals surface area (Å²) in [5.41, 5.74) is 0. The summed E-state index contributed by atoms with van der Waals surface area (Å²) in [4.78, 5) is 10.8. The monoisotopic (exact) mass is 213 g/mol. The third kappa shape index (κ3) is 7.85. The maximum atomic E-state index is 11.7. The van der Waals surface area contributed by atoms with Crippen molar-refractivity contribution >= 4 is 5.97 Å². The predicted octanol–water partition coefficient (Wildman–Crippen LogP) is 1.48. The Bertz CT molecular complexity index is 182. The minimum absolute atomic E-state index is 0.0517. The van der Waals surface area contributed by atoms with Crippen LogP contribution in [0, 0.1) is 0 Å². The van der Waals surface area contributed by atoms with Crippen molar-refractivity contribution in [2.24, 2.45) is 0 Å². The minimum atomic E-state index is -4.25. The molecule has 0 rings (SSSR count). The van der Waals surface area contributed by atoms with Crippen LogP contribution in [-0.4, -0.2) is 31.3 Å². The highest BCUT2D eigenvalue weighted by Gasteiger charge is 2.27. The zero-order chi connectivity index (χ0) is 11.2. The highest BCUT2D eigenvalue weighted by Crippen LogP contribution is 2.12. The largest absolute Gasteiger partial charge is 0.466 e. The number of carbonyl (C=O) groups is 1. The summed E-state index contributed by atoms with van der Waals surface area (Å²) in [5, 5.41) is 2.19. The molecule has 0 aromatic carbocycles. The van der Waals surface area contributed by atoms with Gasteiger partial charge in [0, 0.05) is 6.04 Å². The molecular weight excluding hydrogens is 199 g/mol. The molecular formula is C8H14F3NO2. The zero-order valence-corrected chi connectivity index (χ0v) is 8.15. The molecule has 0 aliphatic rings. The van der Waals surface area contributed by atoms with Gasteiger partial charge in [-0.25, -0.2) is 0 Å². The van der Waals surface area contributed by atoms with Crippen LogP contribution in [-0.2, 0) is 9.53 Å². The summed E-state index contributed by atoms with van der Waals surface area (Å²) < 4.78 is 39.8. The Morgan fingerprint density at radius 1 is 1.50 bits per heavy atom. The summed E-state index contributed by atoms with van der Waals surface area (Å²) in [5.74, 6) is -0.491. The summed E-state index contributed by atoms with van der Waals surface area (Å²) in [6.07, 6.45) is -4.30. The van der Waals surface area contributed by atoms with Gasteiger partial charge in [-0.05, 0) is 13.8 Å². The quantitative estimate of drug-likeness (QED) is 0.703. The van der Waals surface area contributed by atoms with Gasteiger partial charge in [0.1, 0.15) is 0 Å². The molecule has 1 N–H and O–H groups in total. The van der Waals surface area contributed by atoms with Crippen molar-refractivity contribution in [1.82, 2.24) is 5.32 Å². The van der Waals surface area contributed by atoms with Gasteiger partial charge in [0.05, 0.1) is 19.6 Å². The normalized spacial score (nSPS) is 13.8. The van der Waals surface area contributed by atoms with E-state index in [9.17, 15) is 18.0 Å². The number of nitrogens with one attached hydrogen (secondary N) is 1. The third-order valence-electron chi connectivity index (χ3n) is 1.43. The zero-order valence-electron chi connectivity index (χ0n) is 8.15. The van der Waals surface area contributed by atoms with Crippen molar-refractivity contribution in [3.05, 3.63) is 0 Å². The Morgan fingerprint density at radius 3 is 2.50 bits per heavy atom.